The SMILES string of the molecule is Cc1cc(-c2cccc(Cl)c2)cc(-c2cccc(Cl)c2)[o+]1.O=C(O)CS(=O)(=O)[O-]. The number of halogens is 2. The highest BCUT2D eigenvalue weighted by Gasteiger charge is 2.16. The minimum atomic E-state index is -4.57. The highest BCUT2D eigenvalue weighted by Crippen LogP contribution is 2.30. The Hall–Kier alpha value is -2.45. The number of rotatable bonds is 4. The molecule has 3 aromatic rings. The van der Waals surface area contributed by atoms with E-state index in [1.807, 2.05) is 67.6 Å². The fourth-order valence-electron chi connectivity index (χ4n) is 2.40. The molecule has 9 heteroatoms. The van der Waals surface area contributed by atoms with Gasteiger partial charge in [-0.25, -0.2) is 12.8 Å². The van der Waals surface area contributed by atoms with Gasteiger partial charge in [-0.3, -0.25) is 4.79 Å². The van der Waals surface area contributed by atoms with Gasteiger partial charge in [0.2, 0.25) is 0 Å². The fraction of sp³-hybridized carbons (Fsp3) is 0.100. The maximum atomic E-state index is 9.51. The van der Waals surface area contributed by atoms with E-state index in [9.17, 15) is 17.8 Å². The van der Waals surface area contributed by atoms with Crippen LogP contribution < -0.4 is 0 Å². The summed E-state index contributed by atoms with van der Waals surface area (Å²) in [5.41, 5.74) is 3.08. The van der Waals surface area contributed by atoms with Gasteiger partial charge in [-0.1, -0.05) is 41.4 Å². The van der Waals surface area contributed by atoms with Crippen LogP contribution in [0.15, 0.2) is 65.1 Å². The first-order chi connectivity index (χ1) is 13.5. The van der Waals surface area contributed by atoms with Crippen LogP contribution in [0.4, 0.5) is 0 Å². The monoisotopic (exact) mass is 454 g/mol. The molecule has 29 heavy (non-hydrogen) atoms. The molecule has 152 valence electrons. The van der Waals surface area contributed by atoms with Gasteiger partial charge >= 0.3 is 17.5 Å². The van der Waals surface area contributed by atoms with Gasteiger partial charge in [-0.05, 0) is 35.9 Å². The van der Waals surface area contributed by atoms with E-state index in [2.05, 4.69) is 0 Å². The maximum Gasteiger partial charge on any atom is 0.360 e. The molecular formula is C20H16Cl2O6S. The molecule has 0 saturated heterocycles. The number of carboxylic acid groups (broad SMARTS) is 1. The predicted molar refractivity (Wildman–Crippen MR) is 111 cm³/mol. The van der Waals surface area contributed by atoms with Crippen molar-refractivity contribution in [3.8, 4) is 22.5 Å². The molecule has 0 aliphatic heterocycles. The number of carboxylic acids is 1. The first kappa shape index (κ1) is 22.8. The van der Waals surface area contributed by atoms with Crippen LogP contribution in [0.2, 0.25) is 10.0 Å². The van der Waals surface area contributed by atoms with Crippen molar-refractivity contribution in [1.29, 1.82) is 0 Å². The standard InChI is InChI=1S/C18H13Cl2O.C2H4O5S/c1-12-8-15(13-4-2-6-16(19)9-13)11-18(21-12)14-5-3-7-17(20)10-14;3-2(4)1-8(5,6)7/h2-11H,1H3;1H2,(H,3,4)(H,5,6,7)/q+1;/p-1. The Bertz CT molecular complexity index is 1070. The number of benzene rings is 2. The summed E-state index contributed by atoms with van der Waals surface area (Å²) in [6.45, 7) is 1.93. The number of aliphatic carboxylic acids is 1. The van der Waals surface area contributed by atoms with Crippen LogP contribution in [0.5, 0.6) is 0 Å². The maximum absolute atomic E-state index is 9.51. The van der Waals surface area contributed by atoms with Gasteiger partial charge in [0.1, 0.15) is 15.9 Å². The third-order valence-corrected chi connectivity index (χ3v) is 4.55. The second kappa shape index (κ2) is 9.84. The van der Waals surface area contributed by atoms with Gasteiger partial charge < -0.3 is 9.66 Å². The van der Waals surface area contributed by atoms with Crippen LogP contribution >= 0.6 is 23.2 Å². The van der Waals surface area contributed by atoms with Gasteiger partial charge in [0.25, 0.3) is 0 Å². The average molecular weight is 455 g/mol. The van der Waals surface area contributed by atoms with Crippen molar-refractivity contribution in [2.45, 2.75) is 6.92 Å². The summed E-state index contributed by atoms with van der Waals surface area (Å²) in [5, 5.41) is 9.08. The van der Waals surface area contributed by atoms with Crippen LogP contribution in [0.3, 0.4) is 0 Å². The molecule has 0 radical (unpaired) electrons. The number of hydrogen-bond acceptors (Lipinski definition) is 4. The molecule has 1 N–H and O–H groups in total. The van der Waals surface area contributed by atoms with Crippen molar-refractivity contribution in [3.63, 3.8) is 0 Å². The van der Waals surface area contributed by atoms with Gasteiger partial charge in [-0.2, -0.15) is 0 Å². The lowest BCUT2D eigenvalue weighted by Gasteiger charge is -2.01. The van der Waals surface area contributed by atoms with Gasteiger partial charge in [-0.15, -0.1) is 0 Å². The molecule has 0 atom stereocenters. The van der Waals surface area contributed by atoms with Crippen LogP contribution in [0, 0.1) is 6.92 Å². The summed E-state index contributed by atoms with van der Waals surface area (Å²) in [7, 11) is -4.57. The van der Waals surface area contributed by atoms with Gasteiger partial charge in [0.05, 0.1) is 18.6 Å². The Morgan fingerprint density at radius 2 is 1.52 bits per heavy atom. The second-order valence-corrected chi connectivity index (χ2v) is 8.21. The Kier molecular flexibility index (Phi) is 7.75. The lowest BCUT2D eigenvalue weighted by molar-refractivity contribution is -0.134. The summed E-state index contributed by atoms with van der Waals surface area (Å²) < 4.78 is 34.3. The van der Waals surface area contributed by atoms with E-state index in [1.54, 1.807) is 0 Å². The summed E-state index contributed by atoms with van der Waals surface area (Å²) in [6.07, 6.45) is 0. The van der Waals surface area contributed by atoms with E-state index < -0.39 is 21.8 Å². The van der Waals surface area contributed by atoms with Crippen molar-refractivity contribution < 1.29 is 27.3 Å². The zero-order valence-corrected chi connectivity index (χ0v) is 17.5. The van der Waals surface area contributed by atoms with Crippen molar-refractivity contribution >= 4 is 39.3 Å². The first-order valence-electron chi connectivity index (χ1n) is 8.15. The molecule has 0 aliphatic rings. The number of aryl methyl sites for hydroxylation is 1. The lowest BCUT2D eigenvalue weighted by Crippen LogP contribution is -2.13. The van der Waals surface area contributed by atoms with E-state index in [4.69, 9.17) is 32.7 Å². The van der Waals surface area contributed by atoms with Crippen LogP contribution in [-0.2, 0) is 14.9 Å². The smallest absolute Gasteiger partial charge is 0.360 e. The molecule has 0 amide bonds. The number of carbonyl (C=O) groups is 1. The molecule has 1 aromatic heterocycles. The highest BCUT2D eigenvalue weighted by atomic mass is 35.5. The zero-order chi connectivity index (χ0) is 21.6. The van der Waals surface area contributed by atoms with Crippen molar-refractivity contribution in [2.75, 3.05) is 5.75 Å². The fourth-order valence-corrected chi connectivity index (χ4v) is 3.09. The van der Waals surface area contributed by atoms with Crippen LogP contribution in [-0.4, -0.2) is 29.8 Å². The Morgan fingerprint density at radius 3 is 2.00 bits per heavy atom. The molecule has 0 aliphatic carbocycles. The van der Waals surface area contributed by atoms with Gasteiger partial charge in [0, 0.05) is 21.7 Å². The predicted octanol–water partition coefficient (Wildman–Crippen LogP) is 5.13. The zero-order valence-electron chi connectivity index (χ0n) is 15.1. The van der Waals surface area contributed by atoms with Gasteiger partial charge in [0.15, 0.2) is 0 Å². The molecular weight excluding hydrogens is 439 g/mol. The summed E-state index contributed by atoms with van der Waals surface area (Å²) in [5.74, 6) is -1.34. The second-order valence-electron chi connectivity index (χ2n) is 5.94. The lowest BCUT2D eigenvalue weighted by atomic mass is 10.0. The first-order valence-corrected chi connectivity index (χ1v) is 10.5. The van der Waals surface area contributed by atoms with E-state index in [1.165, 1.54) is 0 Å². The molecule has 1 heterocycles. The summed E-state index contributed by atoms with van der Waals surface area (Å²) in [4.78, 5) is 9.44. The highest BCUT2D eigenvalue weighted by molar-refractivity contribution is 7.86. The van der Waals surface area contributed by atoms with E-state index in [0.29, 0.717) is 5.02 Å². The quantitative estimate of drug-likeness (QED) is 0.432. The molecule has 0 fully saturated rings. The number of hydrogen-bond donors (Lipinski definition) is 1. The largest absolute Gasteiger partial charge is 0.748 e. The normalized spacial score (nSPS) is 10.8. The van der Waals surface area contributed by atoms with Crippen LogP contribution in [0.25, 0.3) is 22.5 Å². The minimum Gasteiger partial charge on any atom is -0.748 e. The minimum absolute atomic E-state index is 0.688. The summed E-state index contributed by atoms with van der Waals surface area (Å²) >= 11 is 12.1. The molecule has 0 bridgehead atoms. The van der Waals surface area contributed by atoms with E-state index >= 15 is 0 Å². The third kappa shape index (κ3) is 7.83. The molecule has 0 saturated carbocycles. The topological polar surface area (TPSA) is 106 Å². The summed E-state index contributed by atoms with van der Waals surface area (Å²) in [6, 6.07) is 19.4. The Balaban J connectivity index is 0.000000321. The van der Waals surface area contributed by atoms with Crippen molar-refractivity contribution in [1.82, 2.24) is 0 Å². The third-order valence-electron chi connectivity index (χ3n) is 3.48. The van der Waals surface area contributed by atoms with Crippen molar-refractivity contribution in [3.05, 3.63) is 76.5 Å². The Labute approximate surface area is 178 Å². The molecule has 0 spiro atoms. The molecule has 2 aromatic carbocycles. The van der Waals surface area contributed by atoms with E-state index in [0.717, 1.165) is 33.2 Å². The van der Waals surface area contributed by atoms with Crippen LogP contribution in [0.1, 0.15) is 5.76 Å². The Morgan fingerprint density at radius 1 is 0.966 bits per heavy atom. The molecule has 6 nitrogen and oxygen atoms in total. The average Bonchev–Trinajstić information content (AvgIpc) is 2.59. The molecule has 3 rings (SSSR count). The van der Waals surface area contributed by atoms with Crippen molar-refractivity contribution in [2.24, 2.45) is 0 Å². The van der Waals surface area contributed by atoms with E-state index in [-0.39, 0.29) is 0 Å². The molecule has 0 unspecified atom stereocenters.